The maximum absolute atomic E-state index is 14.0. The van der Waals surface area contributed by atoms with E-state index >= 15 is 0 Å². The zero-order chi connectivity index (χ0) is 26.5. The molecule has 3 aromatic rings. The average molecular weight is 497 g/mol. The number of nitriles is 1. The summed E-state index contributed by atoms with van der Waals surface area (Å²) in [6.07, 6.45) is 0.303. The maximum Gasteiger partial charge on any atom is 0.451 e. The minimum Gasteiger partial charge on any atom is -0.404 e. The van der Waals surface area contributed by atoms with Crippen LogP contribution in [-0.4, -0.2) is 33.3 Å². The number of amidine groups is 1. The monoisotopic (exact) mass is 497 g/mol. The first-order valence-electron chi connectivity index (χ1n) is 10.2. The first-order valence-corrected chi connectivity index (χ1v) is 10.2. The molecule has 36 heavy (non-hydrogen) atoms. The van der Waals surface area contributed by atoms with Crippen LogP contribution in [-0.2, 0) is 6.18 Å². The van der Waals surface area contributed by atoms with E-state index in [9.17, 15) is 22.8 Å². The third-order valence-corrected chi connectivity index (χ3v) is 5.13. The molecule has 0 amide bonds. The first-order chi connectivity index (χ1) is 17.1. The minimum absolute atomic E-state index is 0.0163. The lowest BCUT2D eigenvalue weighted by Crippen LogP contribution is -2.16. The Balaban J connectivity index is 2.14. The molecule has 1 atom stereocenters. The molecule has 0 saturated carbocycles. The summed E-state index contributed by atoms with van der Waals surface area (Å²) in [6, 6.07) is 7.86. The van der Waals surface area contributed by atoms with Gasteiger partial charge in [-0.2, -0.15) is 18.4 Å². The molecule has 0 aliphatic carbocycles. The molecule has 1 unspecified atom stereocenters. The van der Waals surface area contributed by atoms with Gasteiger partial charge in [-0.3, -0.25) is 10.4 Å². The molecule has 0 aliphatic rings. The third kappa shape index (κ3) is 5.27. The van der Waals surface area contributed by atoms with E-state index in [0.29, 0.717) is 11.9 Å². The van der Waals surface area contributed by atoms with Gasteiger partial charge in [-0.05, 0) is 23.9 Å². The van der Waals surface area contributed by atoms with Crippen molar-refractivity contribution in [1.82, 2.24) is 15.0 Å². The predicted octanol–water partition coefficient (Wildman–Crippen LogP) is 4.16. The Kier molecular flexibility index (Phi) is 7.58. The lowest BCUT2D eigenvalue weighted by atomic mass is 9.93. The van der Waals surface area contributed by atoms with Crippen molar-refractivity contribution in [2.24, 2.45) is 21.5 Å². The summed E-state index contributed by atoms with van der Waals surface area (Å²) in [6.45, 7) is 1.68. The summed E-state index contributed by atoms with van der Waals surface area (Å²) >= 11 is 0. The van der Waals surface area contributed by atoms with Crippen molar-refractivity contribution in [2.75, 3.05) is 0 Å². The molecule has 0 saturated heterocycles. The Hall–Kier alpha value is -4.86. The van der Waals surface area contributed by atoms with Gasteiger partial charge in [0, 0.05) is 41.3 Å². The van der Waals surface area contributed by atoms with E-state index in [2.05, 4.69) is 24.9 Å². The predicted molar refractivity (Wildman–Crippen MR) is 126 cm³/mol. The number of halogens is 4. The number of benzene rings is 1. The van der Waals surface area contributed by atoms with E-state index in [1.807, 2.05) is 6.07 Å². The van der Waals surface area contributed by atoms with Gasteiger partial charge in [-0.15, -0.1) is 0 Å². The summed E-state index contributed by atoms with van der Waals surface area (Å²) < 4.78 is 52.7. The number of hydrogen-bond donors (Lipinski definition) is 4. The van der Waals surface area contributed by atoms with Crippen LogP contribution in [0.3, 0.4) is 0 Å². The fourth-order valence-electron chi connectivity index (χ4n) is 3.34. The number of nitrogens with one attached hydrogen (secondary N) is 2. The Bertz CT molecular complexity index is 1390. The van der Waals surface area contributed by atoms with Gasteiger partial charge in [0.15, 0.2) is 0 Å². The SMILES string of the molecule is CC(C(C=Nc1ccccc1F)=CN)c1[nH]c(C(N)=NC=N)c(-c2cnc(C(F)(F)F)nc2)c1C#N. The molecule has 0 fully saturated rings. The third-order valence-electron chi connectivity index (χ3n) is 5.13. The topological polar surface area (TPSA) is 166 Å². The second-order valence-electron chi connectivity index (χ2n) is 7.31. The lowest BCUT2D eigenvalue weighted by Gasteiger charge is -2.12. The second kappa shape index (κ2) is 10.6. The van der Waals surface area contributed by atoms with Crippen LogP contribution in [0.4, 0.5) is 23.2 Å². The quantitative estimate of drug-likeness (QED) is 0.218. The number of alkyl halides is 3. The highest BCUT2D eigenvalue weighted by Crippen LogP contribution is 2.36. The number of nitrogens with two attached hydrogens (primary N) is 2. The van der Waals surface area contributed by atoms with Gasteiger partial charge in [-0.1, -0.05) is 19.1 Å². The van der Waals surface area contributed by atoms with E-state index < -0.39 is 23.7 Å². The molecule has 1 aromatic carbocycles. The van der Waals surface area contributed by atoms with Gasteiger partial charge in [0.2, 0.25) is 5.82 Å². The van der Waals surface area contributed by atoms with Crippen molar-refractivity contribution in [3.8, 4) is 17.2 Å². The average Bonchev–Trinajstić information content (AvgIpc) is 3.25. The smallest absolute Gasteiger partial charge is 0.404 e. The number of hydrogen-bond acceptors (Lipinski definition) is 6. The molecule has 9 nitrogen and oxygen atoms in total. The fraction of sp³-hybridized carbons (Fsp3) is 0.130. The number of allylic oxidation sites excluding steroid dienone is 1. The molecule has 3 rings (SSSR count). The van der Waals surface area contributed by atoms with Crippen LogP contribution >= 0.6 is 0 Å². The summed E-state index contributed by atoms with van der Waals surface area (Å²) in [5.74, 6) is -2.73. The Labute approximate surface area is 202 Å². The number of aromatic nitrogens is 3. The number of aromatic amines is 1. The van der Waals surface area contributed by atoms with E-state index in [1.54, 1.807) is 13.0 Å². The summed E-state index contributed by atoms with van der Waals surface area (Å²) in [5, 5.41) is 17.2. The number of aliphatic imine (C=N–C) groups is 2. The molecule has 13 heteroatoms. The van der Waals surface area contributed by atoms with Crippen LogP contribution in [0.1, 0.15) is 35.6 Å². The largest absolute Gasteiger partial charge is 0.451 e. The first kappa shape index (κ1) is 25.8. The number of rotatable bonds is 7. The molecule has 0 aliphatic heterocycles. The normalized spacial score (nSPS) is 13.6. The van der Waals surface area contributed by atoms with Gasteiger partial charge in [0.05, 0.1) is 16.9 Å². The molecule has 2 heterocycles. The molecular formula is C23H19F4N9. The highest BCUT2D eigenvalue weighted by molar-refractivity contribution is 6.06. The van der Waals surface area contributed by atoms with Crippen LogP contribution in [0.5, 0.6) is 0 Å². The molecule has 0 radical (unpaired) electrons. The van der Waals surface area contributed by atoms with E-state index in [4.69, 9.17) is 16.9 Å². The summed E-state index contributed by atoms with van der Waals surface area (Å²) in [4.78, 5) is 17.5. The Morgan fingerprint density at radius 3 is 2.47 bits per heavy atom. The van der Waals surface area contributed by atoms with Gasteiger partial charge >= 0.3 is 6.18 Å². The lowest BCUT2D eigenvalue weighted by molar-refractivity contribution is -0.144. The molecule has 2 aromatic heterocycles. The zero-order valence-corrected chi connectivity index (χ0v) is 18.7. The summed E-state index contributed by atoms with van der Waals surface area (Å²) in [5.41, 5.74) is 12.7. The van der Waals surface area contributed by atoms with Crippen molar-refractivity contribution < 1.29 is 17.6 Å². The molecule has 0 spiro atoms. The van der Waals surface area contributed by atoms with Crippen LogP contribution in [0, 0.1) is 22.6 Å². The molecule has 0 bridgehead atoms. The Morgan fingerprint density at radius 1 is 1.25 bits per heavy atom. The van der Waals surface area contributed by atoms with E-state index in [-0.39, 0.29) is 39.6 Å². The molecule has 184 valence electrons. The standard InChI is InChI=1S/C23H19F4N9/c1-12(13(6-28)8-32-17-5-3-2-4-16(17)24)19-15(7-29)18(20(36-19)21(31)35-11-30)14-9-33-22(34-10-14)23(25,26)27/h2-6,8-12,36H,28H2,1H3,(H3,30,31,35). The van der Waals surface area contributed by atoms with E-state index in [1.165, 1.54) is 30.6 Å². The van der Waals surface area contributed by atoms with Crippen LogP contribution < -0.4 is 11.5 Å². The second-order valence-corrected chi connectivity index (χ2v) is 7.31. The van der Waals surface area contributed by atoms with Crippen LogP contribution in [0.15, 0.2) is 58.4 Å². The number of H-pyrrole nitrogens is 1. The van der Waals surface area contributed by atoms with Crippen LogP contribution in [0.2, 0.25) is 0 Å². The zero-order valence-electron chi connectivity index (χ0n) is 18.7. The van der Waals surface area contributed by atoms with Gasteiger partial charge in [0.1, 0.15) is 24.1 Å². The fourth-order valence-corrected chi connectivity index (χ4v) is 3.34. The van der Waals surface area contributed by atoms with Gasteiger partial charge in [0.25, 0.3) is 0 Å². The van der Waals surface area contributed by atoms with Crippen LogP contribution in [0.25, 0.3) is 11.1 Å². The molecule has 6 N–H and O–H groups in total. The van der Waals surface area contributed by atoms with E-state index in [0.717, 1.165) is 12.4 Å². The van der Waals surface area contributed by atoms with Crippen molar-refractivity contribution >= 4 is 24.1 Å². The maximum atomic E-state index is 14.0. The van der Waals surface area contributed by atoms with Crippen molar-refractivity contribution in [1.29, 1.82) is 10.7 Å². The van der Waals surface area contributed by atoms with Gasteiger partial charge in [-0.25, -0.2) is 19.4 Å². The van der Waals surface area contributed by atoms with Crippen molar-refractivity contribution in [2.45, 2.75) is 19.0 Å². The number of nitrogens with zero attached hydrogens (tertiary/aromatic N) is 5. The van der Waals surface area contributed by atoms with Crippen molar-refractivity contribution in [3.05, 3.63) is 77.0 Å². The highest BCUT2D eigenvalue weighted by Gasteiger charge is 2.35. The molecular weight excluding hydrogens is 478 g/mol. The minimum atomic E-state index is -4.75. The Morgan fingerprint density at radius 2 is 1.92 bits per heavy atom. The van der Waals surface area contributed by atoms with Gasteiger partial charge < -0.3 is 16.5 Å². The summed E-state index contributed by atoms with van der Waals surface area (Å²) in [7, 11) is 0. The highest BCUT2D eigenvalue weighted by atomic mass is 19.4. The number of para-hydroxylation sites is 1. The van der Waals surface area contributed by atoms with Crippen molar-refractivity contribution in [3.63, 3.8) is 0 Å².